The monoisotopic (exact) mass is 257 g/mol. The molecule has 0 radical (unpaired) electrons. The lowest BCUT2D eigenvalue weighted by molar-refractivity contribution is 0.204. The van der Waals surface area contributed by atoms with Crippen LogP contribution in [0.15, 0.2) is 48.8 Å². The van der Waals surface area contributed by atoms with E-state index in [9.17, 15) is 5.11 Å². The van der Waals surface area contributed by atoms with E-state index < -0.39 is 0 Å². The Labute approximate surface area is 113 Å². The second kappa shape index (κ2) is 5.85. The zero-order valence-electron chi connectivity index (χ0n) is 11.3. The normalized spacial score (nSPS) is 13.8. The van der Waals surface area contributed by atoms with Gasteiger partial charge in [-0.05, 0) is 41.8 Å². The van der Waals surface area contributed by atoms with E-state index in [1.54, 1.807) is 19.5 Å². The molecule has 100 valence electrons. The van der Waals surface area contributed by atoms with Gasteiger partial charge in [0, 0.05) is 17.8 Å². The number of aliphatic hydroxyl groups is 1. The molecular weight excluding hydrogens is 238 g/mol. The molecule has 2 rings (SSSR count). The third-order valence-electron chi connectivity index (χ3n) is 3.48. The Morgan fingerprint density at radius 2 is 1.74 bits per heavy atom. The van der Waals surface area contributed by atoms with Crippen LogP contribution in [0.3, 0.4) is 0 Å². The van der Waals surface area contributed by atoms with Gasteiger partial charge in [-0.15, -0.1) is 0 Å². The number of hydrogen-bond donors (Lipinski definition) is 1. The van der Waals surface area contributed by atoms with Crippen molar-refractivity contribution in [1.82, 2.24) is 4.98 Å². The predicted octanol–water partition coefficient (Wildman–Crippen LogP) is 2.58. The van der Waals surface area contributed by atoms with Crippen LogP contribution in [0.1, 0.15) is 18.1 Å². The standard InChI is InChI=1S/C16H19NO2/c1-16(12-18,11-13-7-9-17-10-8-13)14-3-5-15(19-2)6-4-14/h3-10,18H,11-12H2,1-2H3. The van der Waals surface area contributed by atoms with Crippen molar-refractivity contribution in [3.8, 4) is 5.75 Å². The number of aliphatic hydroxyl groups excluding tert-OH is 1. The highest BCUT2D eigenvalue weighted by atomic mass is 16.5. The molecule has 1 N–H and O–H groups in total. The number of nitrogens with zero attached hydrogens (tertiary/aromatic N) is 1. The summed E-state index contributed by atoms with van der Waals surface area (Å²) in [6.07, 6.45) is 4.33. The molecule has 3 nitrogen and oxygen atoms in total. The zero-order chi connectivity index (χ0) is 13.7. The van der Waals surface area contributed by atoms with Gasteiger partial charge in [-0.1, -0.05) is 19.1 Å². The SMILES string of the molecule is COc1ccc(C(C)(CO)Cc2ccncc2)cc1. The summed E-state index contributed by atoms with van der Waals surface area (Å²) in [5.74, 6) is 0.827. The molecule has 1 unspecified atom stereocenters. The minimum Gasteiger partial charge on any atom is -0.497 e. The van der Waals surface area contributed by atoms with Crippen molar-refractivity contribution >= 4 is 0 Å². The first-order valence-corrected chi connectivity index (χ1v) is 6.32. The van der Waals surface area contributed by atoms with Crippen LogP contribution in [0.4, 0.5) is 0 Å². The average Bonchev–Trinajstić information content (AvgIpc) is 2.48. The third kappa shape index (κ3) is 3.12. The van der Waals surface area contributed by atoms with Crippen LogP contribution in [-0.4, -0.2) is 23.8 Å². The highest BCUT2D eigenvalue weighted by molar-refractivity contribution is 5.33. The van der Waals surface area contributed by atoms with E-state index in [0.717, 1.165) is 17.7 Å². The van der Waals surface area contributed by atoms with Gasteiger partial charge in [0.15, 0.2) is 0 Å². The van der Waals surface area contributed by atoms with E-state index in [0.29, 0.717) is 0 Å². The summed E-state index contributed by atoms with van der Waals surface area (Å²) >= 11 is 0. The number of rotatable bonds is 5. The van der Waals surface area contributed by atoms with Gasteiger partial charge in [0.1, 0.15) is 5.75 Å². The van der Waals surface area contributed by atoms with Crippen molar-refractivity contribution in [2.24, 2.45) is 0 Å². The molecule has 0 amide bonds. The lowest BCUT2D eigenvalue weighted by Gasteiger charge is -2.28. The van der Waals surface area contributed by atoms with E-state index >= 15 is 0 Å². The first kappa shape index (κ1) is 13.6. The topological polar surface area (TPSA) is 42.4 Å². The van der Waals surface area contributed by atoms with Crippen molar-refractivity contribution in [3.63, 3.8) is 0 Å². The fraction of sp³-hybridized carbons (Fsp3) is 0.312. The Kier molecular flexibility index (Phi) is 4.17. The molecule has 0 bridgehead atoms. The molecular formula is C16H19NO2. The zero-order valence-corrected chi connectivity index (χ0v) is 11.3. The summed E-state index contributed by atoms with van der Waals surface area (Å²) < 4.78 is 5.16. The van der Waals surface area contributed by atoms with Gasteiger partial charge >= 0.3 is 0 Å². The second-order valence-electron chi connectivity index (χ2n) is 4.98. The van der Waals surface area contributed by atoms with Crippen LogP contribution in [0.25, 0.3) is 0 Å². The average molecular weight is 257 g/mol. The molecule has 19 heavy (non-hydrogen) atoms. The van der Waals surface area contributed by atoms with Crippen molar-refractivity contribution in [2.75, 3.05) is 13.7 Å². The minimum absolute atomic E-state index is 0.0989. The molecule has 0 aliphatic rings. The third-order valence-corrected chi connectivity index (χ3v) is 3.48. The molecule has 3 heteroatoms. The Morgan fingerprint density at radius 3 is 2.26 bits per heavy atom. The van der Waals surface area contributed by atoms with Crippen molar-refractivity contribution in [2.45, 2.75) is 18.8 Å². The minimum atomic E-state index is -0.298. The molecule has 1 atom stereocenters. The molecule has 0 saturated heterocycles. The van der Waals surface area contributed by atoms with Crippen LogP contribution in [0.2, 0.25) is 0 Å². The highest BCUT2D eigenvalue weighted by Gasteiger charge is 2.26. The first-order valence-electron chi connectivity index (χ1n) is 6.32. The number of benzene rings is 1. The van der Waals surface area contributed by atoms with Crippen molar-refractivity contribution < 1.29 is 9.84 Å². The number of ether oxygens (including phenoxy) is 1. The van der Waals surface area contributed by atoms with E-state index in [2.05, 4.69) is 11.9 Å². The van der Waals surface area contributed by atoms with Crippen LogP contribution in [0, 0.1) is 0 Å². The fourth-order valence-electron chi connectivity index (χ4n) is 2.19. The molecule has 0 saturated carbocycles. The maximum Gasteiger partial charge on any atom is 0.118 e. The summed E-state index contributed by atoms with van der Waals surface area (Å²) in [5, 5.41) is 9.78. The lowest BCUT2D eigenvalue weighted by Crippen LogP contribution is -2.29. The number of pyridine rings is 1. The molecule has 1 aromatic carbocycles. The summed E-state index contributed by atoms with van der Waals surface area (Å²) in [5.41, 5.74) is 1.98. The van der Waals surface area contributed by atoms with E-state index in [4.69, 9.17) is 4.74 Å². The largest absolute Gasteiger partial charge is 0.497 e. The van der Waals surface area contributed by atoms with Crippen LogP contribution >= 0.6 is 0 Å². The molecule has 2 aromatic rings. The van der Waals surface area contributed by atoms with Crippen molar-refractivity contribution in [1.29, 1.82) is 0 Å². The summed E-state index contributed by atoms with van der Waals surface area (Å²) in [6, 6.07) is 11.8. The van der Waals surface area contributed by atoms with Gasteiger partial charge < -0.3 is 9.84 Å². The predicted molar refractivity (Wildman–Crippen MR) is 75.4 cm³/mol. The van der Waals surface area contributed by atoms with Crippen LogP contribution in [-0.2, 0) is 11.8 Å². The molecule has 1 heterocycles. The Bertz CT molecular complexity index is 510. The highest BCUT2D eigenvalue weighted by Crippen LogP contribution is 2.29. The molecule has 0 aliphatic carbocycles. The Hall–Kier alpha value is -1.87. The van der Waals surface area contributed by atoms with Gasteiger partial charge in [0.05, 0.1) is 13.7 Å². The van der Waals surface area contributed by atoms with Gasteiger partial charge in [-0.3, -0.25) is 4.98 Å². The number of aromatic nitrogens is 1. The summed E-state index contributed by atoms with van der Waals surface area (Å²) in [7, 11) is 1.65. The number of methoxy groups -OCH3 is 1. The lowest BCUT2D eigenvalue weighted by atomic mass is 9.78. The van der Waals surface area contributed by atoms with E-state index in [1.165, 1.54) is 5.56 Å². The van der Waals surface area contributed by atoms with E-state index in [1.807, 2.05) is 36.4 Å². The maximum atomic E-state index is 9.78. The summed E-state index contributed by atoms with van der Waals surface area (Å²) in [6.45, 7) is 2.16. The molecule has 1 aromatic heterocycles. The first-order chi connectivity index (χ1) is 9.18. The second-order valence-corrected chi connectivity index (χ2v) is 4.98. The fourth-order valence-corrected chi connectivity index (χ4v) is 2.19. The van der Waals surface area contributed by atoms with Crippen molar-refractivity contribution in [3.05, 3.63) is 59.9 Å². The van der Waals surface area contributed by atoms with Crippen LogP contribution < -0.4 is 4.74 Å². The maximum absolute atomic E-state index is 9.78. The Balaban J connectivity index is 2.25. The quantitative estimate of drug-likeness (QED) is 0.895. The number of hydrogen-bond acceptors (Lipinski definition) is 3. The van der Waals surface area contributed by atoms with Crippen LogP contribution in [0.5, 0.6) is 5.75 Å². The van der Waals surface area contributed by atoms with Gasteiger partial charge in [-0.25, -0.2) is 0 Å². The van der Waals surface area contributed by atoms with Gasteiger partial charge in [0.2, 0.25) is 0 Å². The van der Waals surface area contributed by atoms with Gasteiger partial charge in [-0.2, -0.15) is 0 Å². The van der Waals surface area contributed by atoms with Gasteiger partial charge in [0.25, 0.3) is 0 Å². The molecule has 0 aliphatic heterocycles. The Morgan fingerprint density at radius 1 is 1.11 bits per heavy atom. The van der Waals surface area contributed by atoms with E-state index in [-0.39, 0.29) is 12.0 Å². The smallest absolute Gasteiger partial charge is 0.118 e. The molecule has 0 fully saturated rings. The summed E-state index contributed by atoms with van der Waals surface area (Å²) in [4.78, 5) is 4.02. The molecule has 0 spiro atoms.